The van der Waals surface area contributed by atoms with Gasteiger partial charge in [-0.2, -0.15) is 5.10 Å². The Labute approximate surface area is 148 Å². The van der Waals surface area contributed by atoms with E-state index in [1.807, 2.05) is 30.1 Å². The first-order chi connectivity index (χ1) is 12.3. The molecule has 4 rings (SSSR count). The molecule has 0 aliphatic carbocycles. The van der Waals surface area contributed by atoms with Crippen molar-refractivity contribution in [3.8, 4) is 11.5 Å². The Morgan fingerprint density at radius 2 is 2.16 bits per heavy atom. The summed E-state index contributed by atoms with van der Waals surface area (Å²) in [5, 5.41) is 8.00. The van der Waals surface area contributed by atoms with Gasteiger partial charge in [-0.1, -0.05) is 12.1 Å². The van der Waals surface area contributed by atoms with Crippen molar-refractivity contribution >= 4 is 5.69 Å². The van der Waals surface area contributed by atoms with Crippen molar-refractivity contribution in [3.63, 3.8) is 0 Å². The number of aryl methyl sites for hydroxylation is 1. The summed E-state index contributed by atoms with van der Waals surface area (Å²) in [6.07, 6.45) is 7.36. The Kier molecular flexibility index (Phi) is 4.78. The first-order valence-corrected chi connectivity index (χ1v) is 9.14. The topological polar surface area (TPSA) is 51.5 Å². The molecular weight excluding hydrogens is 316 g/mol. The Morgan fingerprint density at radius 3 is 3.04 bits per heavy atom. The van der Waals surface area contributed by atoms with E-state index in [0.29, 0.717) is 6.04 Å². The van der Waals surface area contributed by atoms with Crippen LogP contribution in [0.25, 0.3) is 0 Å². The van der Waals surface area contributed by atoms with E-state index in [1.165, 1.54) is 24.1 Å². The molecule has 25 heavy (non-hydrogen) atoms. The van der Waals surface area contributed by atoms with Crippen molar-refractivity contribution < 1.29 is 9.47 Å². The van der Waals surface area contributed by atoms with E-state index in [9.17, 15) is 0 Å². The maximum absolute atomic E-state index is 5.93. The number of hydrogen-bond donors (Lipinski definition) is 1. The fourth-order valence-electron chi connectivity index (χ4n) is 3.60. The van der Waals surface area contributed by atoms with Gasteiger partial charge in [0.25, 0.3) is 0 Å². The monoisotopic (exact) mass is 342 g/mol. The molecule has 3 heterocycles. The second-order valence-electron chi connectivity index (χ2n) is 6.83. The zero-order valence-corrected chi connectivity index (χ0v) is 14.8. The highest BCUT2D eigenvalue weighted by Crippen LogP contribution is 2.33. The first-order valence-electron chi connectivity index (χ1n) is 9.14. The van der Waals surface area contributed by atoms with Crippen LogP contribution in [0.4, 0.5) is 5.69 Å². The molecule has 2 aliphatic rings. The number of nitrogens with zero attached hydrogens (tertiary/aromatic N) is 3. The third kappa shape index (κ3) is 3.74. The van der Waals surface area contributed by atoms with Crippen molar-refractivity contribution in [1.82, 2.24) is 15.1 Å². The average molecular weight is 342 g/mol. The van der Waals surface area contributed by atoms with E-state index in [4.69, 9.17) is 9.47 Å². The van der Waals surface area contributed by atoms with Gasteiger partial charge in [-0.25, -0.2) is 0 Å². The van der Waals surface area contributed by atoms with Crippen LogP contribution in [0.1, 0.15) is 24.8 Å². The molecular formula is C19H26N4O2. The molecule has 134 valence electrons. The highest BCUT2D eigenvalue weighted by atomic mass is 16.5. The van der Waals surface area contributed by atoms with Crippen LogP contribution in [-0.2, 0) is 13.6 Å². The molecule has 1 N–H and O–H groups in total. The third-order valence-electron chi connectivity index (χ3n) is 4.91. The van der Waals surface area contributed by atoms with E-state index in [-0.39, 0.29) is 0 Å². The second-order valence-corrected chi connectivity index (χ2v) is 6.83. The van der Waals surface area contributed by atoms with Gasteiger partial charge < -0.3 is 19.7 Å². The van der Waals surface area contributed by atoms with Crippen molar-refractivity contribution in [3.05, 3.63) is 36.2 Å². The van der Waals surface area contributed by atoms with Gasteiger partial charge in [0.15, 0.2) is 11.5 Å². The number of anilines is 1. The smallest absolute Gasteiger partial charge is 0.165 e. The quantitative estimate of drug-likeness (QED) is 0.924. The molecule has 0 saturated carbocycles. The maximum Gasteiger partial charge on any atom is 0.165 e. The summed E-state index contributed by atoms with van der Waals surface area (Å²) < 4.78 is 13.6. The van der Waals surface area contributed by atoms with Crippen LogP contribution < -0.4 is 19.7 Å². The molecule has 6 nitrogen and oxygen atoms in total. The lowest BCUT2D eigenvalue weighted by molar-refractivity contribution is 0.295. The minimum Gasteiger partial charge on any atom is -0.490 e. The fourth-order valence-corrected chi connectivity index (χ4v) is 3.60. The van der Waals surface area contributed by atoms with Crippen LogP contribution in [0.3, 0.4) is 0 Å². The van der Waals surface area contributed by atoms with Gasteiger partial charge in [-0.15, -0.1) is 0 Å². The highest BCUT2D eigenvalue weighted by Gasteiger charge is 2.21. The van der Waals surface area contributed by atoms with Crippen LogP contribution in [0.15, 0.2) is 30.6 Å². The van der Waals surface area contributed by atoms with E-state index in [2.05, 4.69) is 27.6 Å². The molecule has 1 unspecified atom stereocenters. The van der Waals surface area contributed by atoms with Gasteiger partial charge >= 0.3 is 0 Å². The normalized spacial score (nSPS) is 20.4. The summed E-state index contributed by atoms with van der Waals surface area (Å²) in [6.45, 7) is 4.37. The summed E-state index contributed by atoms with van der Waals surface area (Å²) in [5.41, 5.74) is 2.39. The summed E-state index contributed by atoms with van der Waals surface area (Å²) in [4.78, 5) is 2.42. The molecule has 0 bridgehead atoms. The third-order valence-corrected chi connectivity index (χ3v) is 4.91. The van der Waals surface area contributed by atoms with Crippen LogP contribution in [0.5, 0.6) is 11.5 Å². The fraction of sp³-hybridized carbons (Fsp3) is 0.526. The van der Waals surface area contributed by atoms with Gasteiger partial charge in [0.05, 0.1) is 25.1 Å². The Balaban J connectivity index is 1.40. The summed E-state index contributed by atoms with van der Waals surface area (Å²) >= 11 is 0. The lowest BCUT2D eigenvalue weighted by Gasteiger charge is -2.34. The number of hydrogen-bond acceptors (Lipinski definition) is 5. The number of piperidine rings is 1. The van der Waals surface area contributed by atoms with E-state index in [0.717, 1.165) is 50.8 Å². The first kappa shape index (κ1) is 16.3. The lowest BCUT2D eigenvalue weighted by Crippen LogP contribution is -2.45. The summed E-state index contributed by atoms with van der Waals surface area (Å²) in [6, 6.07) is 6.64. The number of benzene rings is 1. The van der Waals surface area contributed by atoms with Crippen molar-refractivity contribution in [2.24, 2.45) is 7.05 Å². The molecule has 6 heteroatoms. The number of nitrogens with one attached hydrogen (secondary N) is 1. The second kappa shape index (κ2) is 7.35. The molecule has 0 radical (unpaired) electrons. The van der Waals surface area contributed by atoms with Crippen molar-refractivity contribution in [2.45, 2.75) is 31.8 Å². The minimum atomic E-state index is 0.469. The van der Waals surface area contributed by atoms with E-state index < -0.39 is 0 Å². The predicted octanol–water partition coefficient (Wildman–Crippen LogP) is 2.34. The SMILES string of the molecule is Cn1cc(N2CCCC(NCc3cccc4c3OCCCO4)C2)cn1. The molecule has 1 atom stereocenters. The Bertz CT molecular complexity index is 715. The zero-order chi connectivity index (χ0) is 17.1. The minimum absolute atomic E-state index is 0.469. The lowest BCUT2D eigenvalue weighted by atomic mass is 10.0. The molecule has 2 aromatic rings. The van der Waals surface area contributed by atoms with Crippen molar-refractivity contribution in [2.75, 3.05) is 31.2 Å². The standard InChI is InChI=1S/C19H26N4O2/c1-22-14-17(12-21-22)23-8-3-6-16(13-23)20-11-15-5-2-7-18-19(15)25-10-4-9-24-18/h2,5,7,12,14,16,20H,3-4,6,8-11,13H2,1H3. The maximum atomic E-state index is 5.93. The van der Waals surface area contributed by atoms with Gasteiger partial charge in [0, 0.05) is 50.9 Å². The molecule has 1 saturated heterocycles. The van der Waals surface area contributed by atoms with Gasteiger partial charge in [-0.05, 0) is 18.9 Å². The van der Waals surface area contributed by atoms with Crippen LogP contribution in [0, 0.1) is 0 Å². The predicted molar refractivity (Wildman–Crippen MR) is 97.3 cm³/mol. The Morgan fingerprint density at radius 1 is 1.24 bits per heavy atom. The number of fused-ring (bicyclic) bond motifs is 1. The molecule has 0 amide bonds. The number of ether oxygens (including phenoxy) is 2. The summed E-state index contributed by atoms with van der Waals surface area (Å²) in [5.74, 6) is 1.78. The average Bonchev–Trinajstić information content (AvgIpc) is 2.93. The van der Waals surface area contributed by atoms with Crippen molar-refractivity contribution in [1.29, 1.82) is 0 Å². The molecule has 0 spiro atoms. The molecule has 1 fully saturated rings. The number of aromatic nitrogens is 2. The van der Waals surface area contributed by atoms with Gasteiger partial charge in [0.1, 0.15) is 0 Å². The number of rotatable bonds is 4. The molecule has 2 aliphatic heterocycles. The van der Waals surface area contributed by atoms with E-state index in [1.54, 1.807) is 0 Å². The highest BCUT2D eigenvalue weighted by molar-refractivity contribution is 5.47. The zero-order valence-electron chi connectivity index (χ0n) is 14.8. The van der Waals surface area contributed by atoms with Gasteiger partial charge in [-0.3, -0.25) is 4.68 Å². The van der Waals surface area contributed by atoms with Crippen LogP contribution >= 0.6 is 0 Å². The van der Waals surface area contributed by atoms with Crippen LogP contribution in [-0.4, -0.2) is 42.1 Å². The van der Waals surface area contributed by atoms with E-state index >= 15 is 0 Å². The largest absolute Gasteiger partial charge is 0.490 e. The number of para-hydroxylation sites is 1. The van der Waals surface area contributed by atoms with Gasteiger partial charge in [0.2, 0.25) is 0 Å². The molecule has 1 aromatic carbocycles. The Hall–Kier alpha value is -2.21. The molecule has 1 aromatic heterocycles. The summed E-state index contributed by atoms with van der Waals surface area (Å²) in [7, 11) is 1.96. The van der Waals surface area contributed by atoms with Crippen LogP contribution in [0.2, 0.25) is 0 Å².